The van der Waals surface area contributed by atoms with E-state index in [2.05, 4.69) is 25.6 Å². The molecule has 0 unspecified atom stereocenters. The molecule has 0 fully saturated rings. The summed E-state index contributed by atoms with van der Waals surface area (Å²) < 4.78 is 11.5. The normalized spacial score (nSPS) is 12.6. The van der Waals surface area contributed by atoms with Crippen LogP contribution in [-0.4, -0.2) is 21.8 Å². The summed E-state index contributed by atoms with van der Waals surface area (Å²) in [5, 5.41) is 0. The van der Waals surface area contributed by atoms with Crippen molar-refractivity contribution >= 4 is 8.56 Å². The van der Waals surface area contributed by atoms with E-state index in [-0.39, 0.29) is 0 Å². The highest BCUT2D eigenvalue weighted by Crippen LogP contribution is 2.17. The van der Waals surface area contributed by atoms with Gasteiger partial charge in [-0.15, -0.1) is 0 Å². The largest absolute Gasteiger partial charge is 0.395 e. The molecule has 0 radical (unpaired) electrons. The molecule has 0 amide bonds. The summed E-state index contributed by atoms with van der Waals surface area (Å²) >= 11 is 0. The molecule has 0 aromatic heterocycles. The van der Waals surface area contributed by atoms with Crippen LogP contribution in [-0.2, 0) is 8.85 Å². The first-order valence-corrected chi connectivity index (χ1v) is 8.10. The van der Waals surface area contributed by atoms with E-state index in [0.29, 0.717) is 0 Å². The van der Waals surface area contributed by atoms with Crippen molar-refractivity contribution in [3.63, 3.8) is 0 Å². The lowest BCUT2D eigenvalue weighted by molar-refractivity contribution is 0.188. The molecule has 2 nitrogen and oxygen atoms in total. The highest BCUT2D eigenvalue weighted by molar-refractivity contribution is 6.66. The second kappa shape index (κ2) is 8.21. The van der Waals surface area contributed by atoms with Crippen molar-refractivity contribution in [3.05, 3.63) is 12.2 Å². The summed E-state index contributed by atoms with van der Waals surface area (Å²) in [6.45, 7) is 9.84. The Hall–Kier alpha value is -0.123. The van der Waals surface area contributed by atoms with Gasteiger partial charge in [0.1, 0.15) is 0 Å². The Bertz CT molecular complexity index is 151. The number of hydrogen-bond donors (Lipinski definition) is 0. The van der Waals surface area contributed by atoms with Gasteiger partial charge in [-0.3, -0.25) is 0 Å². The van der Waals surface area contributed by atoms with E-state index < -0.39 is 8.56 Å². The van der Waals surface area contributed by atoms with Gasteiger partial charge in [-0.2, -0.15) is 0 Å². The van der Waals surface area contributed by atoms with Gasteiger partial charge >= 0.3 is 8.56 Å². The Morgan fingerprint density at radius 2 is 1.71 bits per heavy atom. The molecule has 0 saturated carbocycles. The first kappa shape index (κ1) is 13.9. The summed E-state index contributed by atoms with van der Waals surface area (Å²) in [5.74, 6) is 0. The topological polar surface area (TPSA) is 18.5 Å². The number of allylic oxidation sites excluding steroid dienone is 2. The summed E-state index contributed by atoms with van der Waals surface area (Å²) in [6, 6.07) is 1.10. The Morgan fingerprint density at radius 1 is 1.14 bits per heavy atom. The fraction of sp³-hybridized carbons (Fsp3) is 0.818. The quantitative estimate of drug-likeness (QED) is 0.351. The Kier molecular flexibility index (Phi) is 8.13. The van der Waals surface area contributed by atoms with Crippen LogP contribution in [0.3, 0.4) is 0 Å². The van der Waals surface area contributed by atoms with Crippen molar-refractivity contribution in [2.75, 3.05) is 13.2 Å². The maximum absolute atomic E-state index is 5.74. The number of unbranched alkanes of at least 4 members (excludes halogenated alkanes) is 1. The van der Waals surface area contributed by atoms with Gasteiger partial charge in [0, 0.05) is 13.2 Å². The van der Waals surface area contributed by atoms with Crippen LogP contribution >= 0.6 is 0 Å². The van der Waals surface area contributed by atoms with Crippen LogP contribution in [0.5, 0.6) is 0 Å². The average Bonchev–Trinajstić information content (AvgIpc) is 2.13. The summed E-state index contributed by atoms with van der Waals surface area (Å²) in [7, 11) is -1.83. The average molecular weight is 216 g/mol. The second-order valence-corrected chi connectivity index (χ2v) is 6.81. The van der Waals surface area contributed by atoms with E-state index in [1.807, 2.05) is 13.8 Å². The zero-order valence-corrected chi connectivity index (χ0v) is 11.0. The van der Waals surface area contributed by atoms with Crippen molar-refractivity contribution in [3.8, 4) is 0 Å². The van der Waals surface area contributed by atoms with E-state index in [1.165, 1.54) is 6.42 Å². The van der Waals surface area contributed by atoms with Crippen LogP contribution in [0, 0.1) is 0 Å². The third-order valence-electron chi connectivity index (χ3n) is 2.14. The van der Waals surface area contributed by atoms with E-state index in [4.69, 9.17) is 8.85 Å². The molecule has 0 aliphatic rings. The van der Waals surface area contributed by atoms with Gasteiger partial charge in [0.05, 0.1) is 0 Å². The number of rotatable bonds is 8. The van der Waals surface area contributed by atoms with Crippen LogP contribution in [0.2, 0.25) is 12.6 Å². The molecule has 0 bridgehead atoms. The van der Waals surface area contributed by atoms with Crippen molar-refractivity contribution < 1.29 is 8.85 Å². The van der Waals surface area contributed by atoms with Crippen molar-refractivity contribution in [2.45, 2.75) is 46.2 Å². The first-order chi connectivity index (χ1) is 6.68. The molecule has 0 rings (SSSR count). The fourth-order valence-corrected chi connectivity index (χ4v) is 3.94. The summed E-state index contributed by atoms with van der Waals surface area (Å²) in [4.78, 5) is 0. The van der Waals surface area contributed by atoms with Crippen molar-refractivity contribution in [2.24, 2.45) is 0 Å². The molecule has 14 heavy (non-hydrogen) atoms. The number of hydrogen-bond acceptors (Lipinski definition) is 2. The van der Waals surface area contributed by atoms with Crippen LogP contribution in [0.25, 0.3) is 0 Å². The molecule has 0 aliphatic carbocycles. The van der Waals surface area contributed by atoms with Crippen LogP contribution in [0.4, 0.5) is 0 Å². The summed E-state index contributed by atoms with van der Waals surface area (Å²) in [6.07, 6.45) is 6.61. The SMILES string of the molecule is CC=CCCC[Si](C)(OCC)OCC. The third kappa shape index (κ3) is 6.35. The molecular weight excluding hydrogens is 192 g/mol. The van der Waals surface area contributed by atoms with Gasteiger partial charge in [-0.1, -0.05) is 12.2 Å². The lowest BCUT2D eigenvalue weighted by Gasteiger charge is -2.25. The minimum Gasteiger partial charge on any atom is -0.395 e. The minimum absolute atomic E-state index is 0.770. The zero-order valence-electron chi connectivity index (χ0n) is 10.0. The zero-order chi connectivity index (χ0) is 10.9. The van der Waals surface area contributed by atoms with Crippen molar-refractivity contribution in [1.82, 2.24) is 0 Å². The highest BCUT2D eigenvalue weighted by atomic mass is 28.4. The molecule has 0 saturated heterocycles. The first-order valence-electron chi connectivity index (χ1n) is 5.57. The van der Waals surface area contributed by atoms with Crippen LogP contribution in [0.1, 0.15) is 33.6 Å². The molecule has 0 aromatic carbocycles. The van der Waals surface area contributed by atoms with Gasteiger partial charge < -0.3 is 8.85 Å². The standard InChI is InChI=1S/C11H24O2Si/c1-5-8-9-10-11-14(4,12-6-2)13-7-3/h5,8H,6-7,9-11H2,1-4H3. The van der Waals surface area contributed by atoms with Crippen LogP contribution in [0.15, 0.2) is 12.2 Å². The maximum atomic E-state index is 5.74. The molecule has 84 valence electrons. The molecule has 0 heterocycles. The fourth-order valence-electron chi connectivity index (χ4n) is 1.50. The van der Waals surface area contributed by atoms with Gasteiger partial charge in [0.2, 0.25) is 0 Å². The predicted molar refractivity (Wildman–Crippen MR) is 63.7 cm³/mol. The van der Waals surface area contributed by atoms with Crippen LogP contribution < -0.4 is 0 Å². The van der Waals surface area contributed by atoms with E-state index >= 15 is 0 Å². The third-order valence-corrected chi connectivity index (χ3v) is 5.20. The van der Waals surface area contributed by atoms with Gasteiger partial charge in [-0.25, -0.2) is 0 Å². The van der Waals surface area contributed by atoms with Crippen molar-refractivity contribution in [1.29, 1.82) is 0 Å². The van der Waals surface area contributed by atoms with Gasteiger partial charge in [0.25, 0.3) is 0 Å². The molecule has 0 aromatic rings. The smallest absolute Gasteiger partial charge is 0.334 e. The maximum Gasteiger partial charge on any atom is 0.334 e. The van der Waals surface area contributed by atoms with E-state index in [0.717, 1.165) is 25.7 Å². The van der Waals surface area contributed by atoms with Gasteiger partial charge in [0.15, 0.2) is 0 Å². The monoisotopic (exact) mass is 216 g/mol. The van der Waals surface area contributed by atoms with E-state index in [1.54, 1.807) is 0 Å². The molecule has 0 spiro atoms. The molecule has 0 N–H and O–H groups in total. The Morgan fingerprint density at radius 3 is 2.14 bits per heavy atom. The summed E-state index contributed by atoms with van der Waals surface area (Å²) in [5.41, 5.74) is 0. The highest BCUT2D eigenvalue weighted by Gasteiger charge is 2.29. The Labute approximate surface area is 89.6 Å². The molecule has 0 atom stereocenters. The van der Waals surface area contributed by atoms with Gasteiger partial charge in [-0.05, 0) is 46.2 Å². The lowest BCUT2D eigenvalue weighted by atomic mass is 10.3. The Balaban J connectivity index is 3.82. The second-order valence-electron chi connectivity index (χ2n) is 3.46. The molecule has 3 heteroatoms. The lowest BCUT2D eigenvalue weighted by Crippen LogP contribution is -2.38. The molecule has 0 aliphatic heterocycles. The van der Waals surface area contributed by atoms with E-state index in [9.17, 15) is 0 Å². The molecular formula is C11H24O2Si. The predicted octanol–water partition coefficient (Wildman–Crippen LogP) is 3.49. The minimum atomic E-state index is -1.83.